The van der Waals surface area contributed by atoms with Crippen LogP contribution in [0.15, 0.2) is 134 Å². The van der Waals surface area contributed by atoms with E-state index in [2.05, 4.69) is 133 Å². The van der Waals surface area contributed by atoms with Gasteiger partial charge in [-0.05, 0) is 120 Å². The molecule has 0 spiro atoms. The maximum absolute atomic E-state index is 6.43. The number of aryl methyl sites for hydroxylation is 4. The molecular formula is C45H37BN4O2. The minimum Gasteiger partial charge on any atom is -0.497 e. The number of pyridine rings is 2. The smallest absolute Gasteiger partial charge is 0.252 e. The second-order valence-electron chi connectivity index (χ2n) is 13.6. The number of nitrogens with zero attached hydrogens (tertiary/aromatic N) is 4. The zero-order valence-corrected chi connectivity index (χ0v) is 29.9. The third-order valence-corrected chi connectivity index (χ3v) is 10.4. The van der Waals surface area contributed by atoms with E-state index in [0.29, 0.717) is 5.88 Å². The lowest BCUT2D eigenvalue weighted by molar-refractivity contribution is 0.414. The van der Waals surface area contributed by atoms with Crippen molar-refractivity contribution in [3.63, 3.8) is 0 Å². The minimum atomic E-state index is -0.102. The Balaban J connectivity index is 1.37. The first-order valence-corrected chi connectivity index (χ1v) is 17.6. The number of hydrogen-bond acceptors (Lipinski definition) is 6. The summed E-state index contributed by atoms with van der Waals surface area (Å²) in [6, 6.07) is 42.7. The fourth-order valence-corrected chi connectivity index (χ4v) is 8.17. The lowest BCUT2D eigenvalue weighted by Crippen LogP contribution is -2.61. The highest BCUT2D eigenvalue weighted by atomic mass is 16.5. The Hall–Kier alpha value is -6.34. The molecule has 0 amide bonds. The molecule has 6 nitrogen and oxygen atoms in total. The Kier molecular flexibility index (Phi) is 7.58. The Labute approximate surface area is 305 Å². The lowest BCUT2D eigenvalue weighted by atomic mass is 9.33. The van der Waals surface area contributed by atoms with E-state index in [1.807, 2.05) is 36.5 Å². The first-order valence-electron chi connectivity index (χ1n) is 17.6. The van der Waals surface area contributed by atoms with Gasteiger partial charge >= 0.3 is 0 Å². The highest BCUT2D eigenvalue weighted by molar-refractivity contribution is 7.00. The summed E-state index contributed by atoms with van der Waals surface area (Å²) in [4.78, 5) is 14.2. The average Bonchev–Trinajstić information content (AvgIpc) is 3.16. The number of aromatic nitrogens is 2. The summed E-state index contributed by atoms with van der Waals surface area (Å²) in [5, 5.41) is 0. The molecule has 4 heterocycles. The van der Waals surface area contributed by atoms with Crippen molar-refractivity contribution in [1.82, 2.24) is 9.97 Å². The van der Waals surface area contributed by atoms with Crippen molar-refractivity contribution in [3.8, 4) is 28.6 Å². The van der Waals surface area contributed by atoms with E-state index >= 15 is 0 Å². The van der Waals surface area contributed by atoms with E-state index in [-0.39, 0.29) is 6.71 Å². The van der Waals surface area contributed by atoms with E-state index in [9.17, 15) is 0 Å². The normalized spacial score (nSPS) is 12.6. The number of anilines is 6. The van der Waals surface area contributed by atoms with E-state index in [1.54, 1.807) is 13.3 Å². The second-order valence-corrected chi connectivity index (χ2v) is 13.6. The zero-order valence-electron chi connectivity index (χ0n) is 29.9. The molecule has 0 N–H and O–H groups in total. The zero-order chi connectivity index (χ0) is 35.5. The molecule has 2 aromatic heterocycles. The largest absolute Gasteiger partial charge is 0.497 e. The summed E-state index contributed by atoms with van der Waals surface area (Å²) >= 11 is 0. The molecule has 0 saturated carbocycles. The third kappa shape index (κ3) is 5.03. The number of ether oxygens (including phenoxy) is 2. The molecule has 0 saturated heterocycles. The molecular weight excluding hydrogens is 639 g/mol. The monoisotopic (exact) mass is 676 g/mol. The first-order chi connectivity index (χ1) is 25.4. The minimum absolute atomic E-state index is 0.102. The Morgan fingerprint density at radius 2 is 1.13 bits per heavy atom. The van der Waals surface area contributed by atoms with Gasteiger partial charge in [-0.3, -0.25) is 4.98 Å². The topological polar surface area (TPSA) is 50.7 Å². The van der Waals surface area contributed by atoms with Gasteiger partial charge in [0.25, 0.3) is 6.71 Å². The SMILES string of the molecule is COc1ccnc(-c2ccc3c(c2)B2c4cc(Oc5ccccn5)ccc4N(c4c(C)cccc4C)c4cccc(c42)N3c2c(C)cccc2C)c1. The molecule has 252 valence electrons. The van der Waals surface area contributed by atoms with Crippen molar-refractivity contribution in [2.75, 3.05) is 16.9 Å². The van der Waals surface area contributed by atoms with Crippen LogP contribution in [0, 0.1) is 27.7 Å². The van der Waals surface area contributed by atoms with Gasteiger partial charge in [0.15, 0.2) is 0 Å². The van der Waals surface area contributed by atoms with Gasteiger partial charge in [0, 0.05) is 47.3 Å². The van der Waals surface area contributed by atoms with Crippen molar-refractivity contribution in [2.24, 2.45) is 0 Å². The fourth-order valence-electron chi connectivity index (χ4n) is 8.17. The quantitative estimate of drug-likeness (QED) is 0.164. The molecule has 0 fully saturated rings. The molecule has 7 aromatic rings. The van der Waals surface area contributed by atoms with Crippen LogP contribution in [-0.4, -0.2) is 23.8 Å². The average molecular weight is 677 g/mol. The predicted octanol–water partition coefficient (Wildman–Crippen LogP) is 9.26. The fraction of sp³-hybridized carbons (Fsp3) is 0.111. The summed E-state index contributed by atoms with van der Waals surface area (Å²) in [6.45, 7) is 8.71. The van der Waals surface area contributed by atoms with Crippen LogP contribution in [0.25, 0.3) is 11.3 Å². The Morgan fingerprint density at radius 3 is 1.75 bits per heavy atom. The summed E-state index contributed by atoms with van der Waals surface area (Å²) in [5.74, 6) is 2.07. The maximum atomic E-state index is 6.43. The Bertz CT molecular complexity index is 2460. The van der Waals surface area contributed by atoms with E-state index < -0.39 is 0 Å². The van der Waals surface area contributed by atoms with Crippen LogP contribution >= 0.6 is 0 Å². The highest BCUT2D eigenvalue weighted by Gasteiger charge is 2.44. The lowest BCUT2D eigenvalue weighted by Gasteiger charge is -2.45. The van der Waals surface area contributed by atoms with E-state index in [1.165, 1.54) is 44.6 Å². The van der Waals surface area contributed by atoms with Gasteiger partial charge < -0.3 is 19.3 Å². The molecule has 52 heavy (non-hydrogen) atoms. The number of hydrogen-bond donors (Lipinski definition) is 0. The van der Waals surface area contributed by atoms with Crippen LogP contribution in [0.4, 0.5) is 34.1 Å². The van der Waals surface area contributed by atoms with E-state index in [0.717, 1.165) is 51.0 Å². The van der Waals surface area contributed by atoms with E-state index in [4.69, 9.17) is 14.5 Å². The van der Waals surface area contributed by atoms with Crippen LogP contribution in [-0.2, 0) is 0 Å². The van der Waals surface area contributed by atoms with Crippen molar-refractivity contribution in [2.45, 2.75) is 27.7 Å². The molecule has 0 unspecified atom stereocenters. The molecule has 5 aromatic carbocycles. The van der Waals surface area contributed by atoms with Gasteiger partial charge in [-0.15, -0.1) is 0 Å². The number of para-hydroxylation sites is 2. The third-order valence-electron chi connectivity index (χ3n) is 10.4. The first kappa shape index (κ1) is 31.6. The number of fused-ring (bicyclic) bond motifs is 4. The molecule has 9 rings (SSSR count). The van der Waals surface area contributed by atoms with Crippen LogP contribution in [0.3, 0.4) is 0 Å². The summed E-state index contributed by atoms with van der Waals surface area (Å²) in [5.41, 5.74) is 17.3. The highest BCUT2D eigenvalue weighted by Crippen LogP contribution is 2.47. The molecule has 2 aliphatic heterocycles. The van der Waals surface area contributed by atoms with Crippen molar-refractivity contribution < 1.29 is 9.47 Å². The van der Waals surface area contributed by atoms with Crippen LogP contribution in [0.2, 0.25) is 0 Å². The molecule has 0 atom stereocenters. The standard InChI is InChI=1S/C45H37BN4O2/c1-28-11-8-12-29(2)44(28)49-38-20-18-32(37-27-33(51-5)22-24-47-37)25-35(38)46-36-26-34(52-42-17-6-7-23-48-42)19-21-39(36)50(41-16-10-15-40(49)43(41)46)45-30(3)13-9-14-31(45)4/h6-27H,1-5H3. The predicted molar refractivity (Wildman–Crippen MR) is 214 cm³/mol. The maximum Gasteiger partial charge on any atom is 0.252 e. The van der Waals surface area contributed by atoms with Gasteiger partial charge in [-0.1, -0.05) is 60.7 Å². The van der Waals surface area contributed by atoms with Gasteiger partial charge in [0.1, 0.15) is 11.5 Å². The van der Waals surface area contributed by atoms with Gasteiger partial charge in [-0.25, -0.2) is 4.98 Å². The molecule has 0 radical (unpaired) electrons. The van der Waals surface area contributed by atoms with Gasteiger partial charge in [0.2, 0.25) is 5.88 Å². The van der Waals surface area contributed by atoms with Crippen molar-refractivity contribution in [3.05, 3.63) is 156 Å². The Morgan fingerprint density at radius 1 is 0.519 bits per heavy atom. The van der Waals surface area contributed by atoms with Crippen molar-refractivity contribution in [1.29, 1.82) is 0 Å². The van der Waals surface area contributed by atoms with Crippen molar-refractivity contribution >= 4 is 57.2 Å². The van der Waals surface area contributed by atoms with Crippen LogP contribution in [0.1, 0.15) is 22.3 Å². The summed E-state index contributed by atoms with van der Waals surface area (Å²) < 4.78 is 12.0. The van der Waals surface area contributed by atoms with Gasteiger partial charge in [-0.2, -0.15) is 0 Å². The van der Waals surface area contributed by atoms with Crippen LogP contribution < -0.4 is 35.7 Å². The molecule has 2 aliphatic rings. The molecule has 0 aliphatic carbocycles. The summed E-state index contributed by atoms with van der Waals surface area (Å²) in [7, 11) is 1.69. The molecule has 0 bridgehead atoms. The second kappa shape index (κ2) is 12.5. The summed E-state index contributed by atoms with van der Waals surface area (Å²) in [6.07, 6.45) is 3.57. The number of methoxy groups -OCH3 is 1. The molecule has 7 heteroatoms. The number of benzene rings is 5. The van der Waals surface area contributed by atoms with Gasteiger partial charge in [0.05, 0.1) is 24.2 Å². The number of rotatable bonds is 6. The van der Waals surface area contributed by atoms with Crippen LogP contribution in [0.5, 0.6) is 17.4 Å².